The molecule has 0 bridgehead atoms. The number of hydrogen-bond donors (Lipinski definition) is 0. The van der Waals surface area contributed by atoms with Gasteiger partial charge in [-0.05, 0) is 25.0 Å². The van der Waals surface area contributed by atoms with Crippen LogP contribution in [-0.2, 0) is 14.3 Å². The van der Waals surface area contributed by atoms with Crippen LogP contribution in [-0.4, -0.2) is 25.8 Å². The highest BCUT2D eigenvalue weighted by molar-refractivity contribution is 9.10. The lowest BCUT2D eigenvalue weighted by Crippen LogP contribution is -2.31. The van der Waals surface area contributed by atoms with Crippen molar-refractivity contribution in [2.75, 3.05) is 19.8 Å². The minimum Gasteiger partial charge on any atom is -0.466 e. The van der Waals surface area contributed by atoms with Gasteiger partial charge in [-0.2, -0.15) is 0 Å². The molecule has 18 heavy (non-hydrogen) atoms. The predicted octanol–water partition coefficient (Wildman–Crippen LogP) is 3.13. The third-order valence-electron chi connectivity index (χ3n) is 3.13. The van der Waals surface area contributed by atoms with Crippen LogP contribution in [0.3, 0.4) is 0 Å². The molecule has 0 aliphatic carbocycles. The average molecular weight is 313 g/mol. The van der Waals surface area contributed by atoms with Crippen LogP contribution in [0.1, 0.15) is 24.8 Å². The molecular weight excluding hydrogens is 296 g/mol. The number of ether oxygens (including phenoxy) is 2. The van der Waals surface area contributed by atoms with E-state index in [0.717, 1.165) is 29.7 Å². The first-order valence-electron chi connectivity index (χ1n) is 6.21. The smallest absolute Gasteiger partial charge is 0.313 e. The molecule has 2 rings (SSSR count). The Hall–Kier alpha value is -0.870. The lowest BCUT2D eigenvalue weighted by Gasteiger charge is -2.29. The van der Waals surface area contributed by atoms with Gasteiger partial charge in [0.15, 0.2) is 0 Å². The predicted molar refractivity (Wildman–Crippen MR) is 72.4 cm³/mol. The molecule has 0 amide bonds. The van der Waals surface area contributed by atoms with Gasteiger partial charge in [-0.1, -0.05) is 34.1 Å². The molecule has 0 radical (unpaired) electrons. The maximum Gasteiger partial charge on any atom is 0.313 e. The lowest BCUT2D eigenvalue weighted by atomic mass is 9.88. The Bertz CT molecular complexity index is 415. The number of hydrogen-bond acceptors (Lipinski definition) is 3. The summed E-state index contributed by atoms with van der Waals surface area (Å²) >= 11 is 3.51. The molecule has 1 heterocycles. The summed E-state index contributed by atoms with van der Waals surface area (Å²) in [5.74, 6) is 0.122. The standard InChI is InChI=1S/C14H17BrO3/c1-2-18-14(16)12(7-10-8-17-9-10)11-5-3-4-6-13(11)15/h3-6,10,12H,2,7-9H2,1H3. The molecule has 1 saturated heterocycles. The summed E-state index contributed by atoms with van der Waals surface area (Å²) < 4.78 is 11.3. The van der Waals surface area contributed by atoms with E-state index in [9.17, 15) is 4.79 Å². The number of carbonyl (C=O) groups excluding carboxylic acids is 1. The SMILES string of the molecule is CCOC(=O)C(CC1COC1)c1ccccc1Br. The van der Waals surface area contributed by atoms with Gasteiger partial charge in [0.05, 0.1) is 25.7 Å². The molecule has 0 spiro atoms. The van der Waals surface area contributed by atoms with Crippen molar-refractivity contribution < 1.29 is 14.3 Å². The molecular formula is C14H17BrO3. The van der Waals surface area contributed by atoms with Crippen molar-refractivity contribution in [1.29, 1.82) is 0 Å². The molecule has 1 unspecified atom stereocenters. The van der Waals surface area contributed by atoms with E-state index < -0.39 is 0 Å². The highest BCUT2D eigenvalue weighted by atomic mass is 79.9. The van der Waals surface area contributed by atoms with Crippen LogP contribution in [0.5, 0.6) is 0 Å². The lowest BCUT2D eigenvalue weighted by molar-refractivity contribution is -0.146. The molecule has 1 atom stereocenters. The van der Waals surface area contributed by atoms with E-state index in [1.807, 2.05) is 31.2 Å². The fourth-order valence-electron chi connectivity index (χ4n) is 2.10. The van der Waals surface area contributed by atoms with Crippen LogP contribution in [0.15, 0.2) is 28.7 Å². The number of esters is 1. The van der Waals surface area contributed by atoms with Crippen molar-refractivity contribution >= 4 is 21.9 Å². The zero-order valence-electron chi connectivity index (χ0n) is 10.4. The normalized spacial score (nSPS) is 17.0. The second kappa shape index (κ2) is 6.34. The second-order valence-corrected chi connectivity index (χ2v) is 5.32. The molecule has 1 fully saturated rings. The van der Waals surface area contributed by atoms with Crippen LogP contribution < -0.4 is 0 Å². The molecule has 0 saturated carbocycles. The van der Waals surface area contributed by atoms with Gasteiger partial charge in [0.1, 0.15) is 0 Å². The van der Waals surface area contributed by atoms with Gasteiger partial charge in [0, 0.05) is 10.4 Å². The van der Waals surface area contributed by atoms with Crippen LogP contribution >= 0.6 is 15.9 Å². The molecule has 0 aromatic heterocycles. The van der Waals surface area contributed by atoms with Crippen LogP contribution in [0.2, 0.25) is 0 Å². The quantitative estimate of drug-likeness (QED) is 0.784. The molecule has 0 N–H and O–H groups in total. The van der Waals surface area contributed by atoms with Crippen molar-refractivity contribution in [2.24, 2.45) is 5.92 Å². The maximum atomic E-state index is 12.1. The Labute approximate surface area is 116 Å². The highest BCUT2D eigenvalue weighted by Crippen LogP contribution is 2.33. The molecule has 1 aromatic carbocycles. The van der Waals surface area contributed by atoms with Gasteiger partial charge in [-0.15, -0.1) is 0 Å². The molecule has 1 aliphatic rings. The zero-order chi connectivity index (χ0) is 13.0. The maximum absolute atomic E-state index is 12.1. The zero-order valence-corrected chi connectivity index (χ0v) is 12.0. The van der Waals surface area contributed by atoms with Gasteiger partial charge < -0.3 is 9.47 Å². The Balaban J connectivity index is 2.17. The van der Waals surface area contributed by atoms with Gasteiger partial charge in [-0.25, -0.2) is 0 Å². The fourth-order valence-corrected chi connectivity index (χ4v) is 2.67. The first-order valence-corrected chi connectivity index (χ1v) is 7.00. The molecule has 1 aromatic rings. The molecule has 4 heteroatoms. The largest absolute Gasteiger partial charge is 0.466 e. The van der Waals surface area contributed by atoms with Crippen LogP contribution in [0.25, 0.3) is 0 Å². The van der Waals surface area contributed by atoms with E-state index in [1.54, 1.807) is 0 Å². The summed E-state index contributed by atoms with van der Waals surface area (Å²) in [6.07, 6.45) is 0.793. The molecule has 3 nitrogen and oxygen atoms in total. The van der Waals surface area contributed by atoms with Crippen LogP contribution in [0.4, 0.5) is 0 Å². The van der Waals surface area contributed by atoms with Crippen molar-refractivity contribution in [1.82, 2.24) is 0 Å². The van der Waals surface area contributed by atoms with E-state index in [4.69, 9.17) is 9.47 Å². The fraction of sp³-hybridized carbons (Fsp3) is 0.500. The average Bonchev–Trinajstić information content (AvgIpc) is 2.30. The summed E-state index contributed by atoms with van der Waals surface area (Å²) in [5, 5.41) is 0. The van der Waals surface area contributed by atoms with Gasteiger partial charge in [0.25, 0.3) is 0 Å². The summed E-state index contributed by atoms with van der Waals surface area (Å²) in [6.45, 7) is 3.75. The monoisotopic (exact) mass is 312 g/mol. The van der Waals surface area contributed by atoms with Gasteiger partial charge in [0.2, 0.25) is 0 Å². The number of carbonyl (C=O) groups is 1. The van der Waals surface area contributed by atoms with Crippen LogP contribution in [0, 0.1) is 5.92 Å². The Morgan fingerprint density at radius 1 is 1.50 bits per heavy atom. The summed E-state index contributed by atoms with van der Waals surface area (Å²) in [6, 6.07) is 7.83. The third-order valence-corrected chi connectivity index (χ3v) is 3.85. The minimum atomic E-state index is -0.200. The van der Waals surface area contributed by atoms with Crippen molar-refractivity contribution in [3.05, 3.63) is 34.3 Å². The Morgan fingerprint density at radius 3 is 2.78 bits per heavy atom. The first-order chi connectivity index (χ1) is 8.72. The van der Waals surface area contributed by atoms with Gasteiger partial charge in [-0.3, -0.25) is 4.79 Å². The molecule has 1 aliphatic heterocycles. The summed E-state index contributed by atoms with van der Waals surface area (Å²) in [4.78, 5) is 12.1. The third kappa shape index (κ3) is 3.12. The van der Waals surface area contributed by atoms with Crippen molar-refractivity contribution in [3.8, 4) is 0 Å². The second-order valence-electron chi connectivity index (χ2n) is 4.47. The topological polar surface area (TPSA) is 35.5 Å². The Morgan fingerprint density at radius 2 is 2.22 bits per heavy atom. The summed E-state index contributed by atoms with van der Waals surface area (Å²) in [7, 11) is 0. The highest BCUT2D eigenvalue weighted by Gasteiger charge is 2.30. The van der Waals surface area contributed by atoms with E-state index in [2.05, 4.69) is 15.9 Å². The Kier molecular flexibility index (Phi) is 4.78. The van der Waals surface area contributed by atoms with Gasteiger partial charge >= 0.3 is 5.97 Å². The van der Waals surface area contributed by atoms with E-state index in [-0.39, 0.29) is 11.9 Å². The minimum absolute atomic E-state index is 0.142. The van der Waals surface area contributed by atoms with E-state index in [0.29, 0.717) is 12.5 Å². The molecule has 98 valence electrons. The van der Waals surface area contributed by atoms with E-state index in [1.165, 1.54) is 0 Å². The number of rotatable bonds is 5. The van der Waals surface area contributed by atoms with Crippen molar-refractivity contribution in [3.63, 3.8) is 0 Å². The van der Waals surface area contributed by atoms with E-state index >= 15 is 0 Å². The summed E-state index contributed by atoms with van der Waals surface area (Å²) in [5.41, 5.74) is 1.00. The first kappa shape index (κ1) is 13.6. The number of benzene rings is 1. The van der Waals surface area contributed by atoms with Crippen molar-refractivity contribution in [2.45, 2.75) is 19.3 Å². The number of halogens is 1.